The SMILES string of the molecule is Cc1ccc([O])c(S(C)(=O)=O)c1. The predicted octanol–water partition coefficient (Wildman–Crippen LogP) is 1.54. The Hall–Kier alpha value is -1.03. The Morgan fingerprint density at radius 3 is 2.25 bits per heavy atom. The zero-order chi connectivity index (χ0) is 9.35. The van der Waals surface area contributed by atoms with Crippen molar-refractivity contribution in [2.45, 2.75) is 11.8 Å². The molecule has 1 rings (SSSR count). The molecule has 0 unspecified atom stereocenters. The van der Waals surface area contributed by atoms with E-state index >= 15 is 0 Å². The minimum Gasteiger partial charge on any atom is -0.289 e. The van der Waals surface area contributed by atoms with Crippen molar-refractivity contribution >= 4 is 9.84 Å². The van der Waals surface area contributed by atoms with Crippen molar-refractivity contribution in [2.75, 3.05) is 6.26 Å². The van der Waals surface area contributed by atoms with Gasteiger partial charge in [-0.15, -0.1) is 0 Å². The van der Waals surface area contributed by atoms with E-state index in [4.69, 9.17) is 0 Å². The molecule has 1 aromatic rings. The lowest BCUT2D eigenvalue weighted by molar-refractivity contribution is 0.343. The molecule has 0 heterocycles. The quantitative estimate of drug-likeness (QED) is 0.666. The molecule has 0 aliphatic carbocycles. The van der Waals surface area contributed by atoms with Gasteiger partial charge in [-0.05, 0) is 24.6 Å². The van der Waals surface area contributed by atoms with Crippen molar-refractivity contribution in [3.8, 4) is 5.75 Å². The highest BCUT2D eigenvalue weighted by Gasteiger charge is 2.13. The van der Waals surface area contributed by atoms with Crippen LogP contribution in [-0.4, -0.2) is 14.7 Å². The van der Waals surface area contributed by atoms with Crippen LogP contribution in [0.4, 0.5) is 0 Å². The first-order chi connectivity index (χ1) is 5.41. The molecule has 0 fully saturated rings. The summed E-state index contributed by atoms with van der Waals surface area (Å²) in [4.78, 5) is -0.123. The third-order valence-electron chi connectivity index (χ3n) is 1.50. The molecule has 1 radical (unpaired) electrons. The normalized spacial score (nSPS) is 11.5. The van der Waals surface area contributed by atoms with Crippen molar-refractivity contribution in [3.05, 3.63) is 23.8 Å². The van der Waals surface area contributed by atoms with Crippen molar-refractivity contribution in [1.82, 2.24) is 0 Å². The molecule has 0 atom stereocenters. The molecular weight excluding hydrogens is 176 g/mol. The Labute approximate surface area is 71.6 Å². The predicted molar refractivity (Wildman–Crippen MR) is 44.4 cm³/mol. The Balaban J connectivity index is 3.43. The zero-order valence-electron chi connectivity index (χ0n) is 6.87. The van der Waals surface area contributed by atoms with Gasteiger partial charge in [-0.2, -0.15) is 0 Å². The largest absolute Gasteiger partial charge is 0.289 e. The van der Waals surface area contributed by atoms with E-state index in [9.17, 15) is 13.5 Å². The summed E-state index contributed by atoms with van der Waals surface area (Å²) in [5, 5.41) is 11.0. The molecule has 0 amide bonds. The molecule has 0 aliphatic rings. The molecule has 1 aromatic carbocycles. The number of aryl methyl sites for hydroxylation is 1. The highest BCUT2D eigenvalue weighted by atomic mass is 32.2. The summed E-state index contributed by atoms with van der Waals surface area (Å²) in [5.74, 6) is -0.442. The monoisotopic (exact) mass is 185 g/mol. The molecule has 0 N–H and O–H groups in total. The molecule has 0 saturated heterocycles. The lowest BCUT2D eigenvalue weighted by Crippen LogP contribution is -1.97. The maximum Gasteiger partial charge on any atom is 0.197 e. The van der Waals surface area contributed by atoms with E-state index in [-0.39, 0.29) is 4.90 Å². The number of hydrogen-bond acceptors (Lipinski definition) is 2. The summed E-state index contributed by atoms with van der Waals surface area (Å²) in [5.41, 5.74) is 0.773. The van der Waals surface area contributed by atoms with Crippen LogP contribution in [0.1, 0.15) is 5.56 Å². The molecule has 12 heavy (non-hydrogen) atoms. The molecule has 0 bridgehead atoms. The van der Waals surface area contributed by atoms with Gasteiger partial charge < -0.3 is 0 Å². The fourth-order valence-corrected chi connectivity index (χ4v) is 1.74. The van der Waals surface area contributed by atoms with Crippen LogP contribution < -0.4 is 0 Å². The second-order valence-corrected chi connectivity index (χ2v) is 4.71. The second-order valence-electron chi connectivity index (χ2n) is 2.72. The van der Waals surface area contributed by atoms with Gasteiger partial charge in [0.1, 0.15) is 4.90 Å². The zero-order valence-corrected chi connectivity index (χ0v) is 7.68. The van der Waals surface area contributed by atoms with E-state index in [0.29, 0.717) is 0 Å². The van der Waals surface area contributed by atoms with E-state index in [1.54, 1.807) is 13.0 Å². The summed E-state index contributed by atoms with van der Waals surface area (Å²) < 4.78 is 22.0. The van der Waals surface area contributed by atoms with Gasteiger partial charge in [0.2, 0.25) is 0 Å². The van der Waals surface area contributed by atoms with Gasteiger partial charge in [0, 0.05) is 6.26 Å². The first kappa shape index (κ1) is 9.06. The first-order valence-electron chi connectivity index (χ1n) is 3.39. The lowest BCUT2D eigenvalue weighted by atomic mass is 10.2. The summed E-state index contributed by atoms with van der Waals surface area (Å²) in [7, 11) is -3.37. The van der Waals surface area contributed by atoms with Crippen molar-refractivity contribution < 1.29 is 13.5 Å². The summed E-state index contributed by atoms with van der Waals surface area (Å²) in [6.45, 7) is 1.74. The van der Waals surface area contributed by atoms with Gasteiger partial charge in [-0.3, -0.25) is 5.11 Å². The lowest BCUT2D eigenvalue weighted by Gasteiger charge is -1.99. The average molecular weight is 185 g/mol. The van der Waals surface area contributed by atoms with Crippen LogP contribution in [0.25, 0.3) is 0 Å². The summed E-state index contributed by atoms with van der Waals surface area (Å²) in [6.07, 6.45) is 1.03. The molecule has 65 valence electrons. The Morgan fingerprint density at radius 1 is 1.25 bits per heavy atom. The molecule has 4 heteroatoms. The highest BCUT2D eigenvalue weighted by molar-refractivity contribution is 7.90. The van der Waals surface area contributed by atoms with E-state index in [1.807, 2.05) is 0 Å². The summed E-state index contributed by atoms with van der Waals surface area (Å²) >= 11 is 0. The Bertz CT molecular complexity index is 393. The molecular formula is C8H9O3S. The number of rotatable bonds is 1. The fraction of sp³-hybridized carbons (Fsp3) is 0.250. The van der Waals surface area contributed by atoms with Gasteiger partial charge >= 0.3 is 0 Å². The summed E-state index contributed by atoms with van der Waals surface area (Å²) in [6, 6.07) is 4.25. The van der Waals surface area contributed by atoms with Crippen molar-refractivity contribution in [2.24, 2.45) is 0 Å². The maximum atomic E-state index is 11.0. The average Bonchev–Trinajstić information content (AvgIpc) is 1.92. The third-order valence-corrected chi connectivity index (χ3v) is 2.62. The van der Waals surface area contributed by atoms with Crippen LogP contribution in [0.5, 0.6) is 5.75 Å². The number of benzene rings is 1. The standard InChI is InChI=1S/C8H9O3S/c1-6-3-4-7(9)8(5-6)12(2,10)11/h3-5H,1-2H3. The van der Waals surface area contributed by atoms with E-state index in [0.717, 1.165) is 11.8 Å². The Kier molecular flexibility index (Phi) is 2.10. The van der Waals surface area contributed by atoms with Crippen molar-refractivity contribution in [1.29, 1.82) is 0 Å². The van der Waals surface area contributed by atoms with Crippen LogP contribution in [0.3, 0.4) is 0 Å². The van der Waals surface area contributed by atoms with Crippen molar-refractivity contribution in [3.63, 3.8) is 0 Å². The van der Waals surface area contributed by atoms with E-state index in [2.05, 4.69) is 0 Å². The van der Waals surface area contributed by atoms with Gasteiger partial charge in [0.05, 0.1) is 0 Å². The topological polar surface area (TPSA) is 54.0 Å². The third kappa shape index (κ3) is 1.76. The van der Waals surface area contributed by atoms with Gasteiger partial charge in [-0.25, -0.2) is 8.42 Å². The van der Waals surface area contributed by atoms with Crippen LogP contribution >= 0.6 is 0 Å². The molecule has 0 aromatic heterocycles. The van der Waals surface area contributed by atoms with Crippen LogP contribution in [0, 0.1) is 6.92 Å². The van der Waals surface area contributed by atoms with E-state index in [1.165, 1.54) is 12.1 Å². The van der Waals surface area contributed by atoms with E-state index < -0.39 is 15.6 Å². The van der Waals surface area contributed by atoms with Gasteiger partial charge in [0.15, 0.2) is 15.6 Å². The van der Waals surface area contributed by atoms with Crippen LogP contribution in [0.2, 0.25) is 0 Å². The maximum absolute atomic E-state index is 11.0. The first-order valence-corrected chi connectivity index (χ1v) is 5.28. The second kappa shape index (κ2) is 2.79. The van der Waals surface area contributed by atoms with Gasteiger partial charge in [-0.1, -0.05) is 6.07 Å². The number of sulfone groups is 1. The fourth-order valence-electron chi connectivity index (χ4n) is 0.905. The smallest absolute Gasteiger partial charge is 0.197 e. The molecule has 0 saturated carbocycles. The van der Waals surface area contributed by atoms with Crippen LogP contribution in [-0.2, 0) is 14.9 Å². The minimum atomic E-state index is -3.37. The Morgan fingerprint density at radius 2 is 1.83 bits per heavy atom. The van der Waals surface area contributed by atoms with Gasteiger partial charge in [0.25, 0.3) is 0 Å². The highest BCUT2D eigenvalue weighted by Crippen LogP contribution is 2.23. The molecule has 0 aliphatic heterocycles. The number of hydrogen-bond donors (Lipinski definition) is 0. The minimum absolute atomic E-state index is 0.123. The molecule has 0 spiro atoms. The van der Waals surface area contributed by atoms with Crippen LogP contribution in [0.15, 0.2) is 23.1 Å². The molecule has 3 nitrogen and oxygen atoms in total.